The number of methoxy groups -OCH3 is 1. The molecule has 0 unspecified atom stereocenters. The van der Waals surface area contributed by atoms with Crippen LogP contribution in [0.25, 0.3) is 5.78 Å². The number of rotatable bonds is 5. The summed E-state index contributed by atoms with van der Waals surface area (Å²) in [5, 5.41) is 14.2. The molecule has 3 heterocycles. The van der Waals surface area contributed by atoms with Crippen LogP contribution in [0, 0.1) is 0 Å². The van der Waals surface area contributed by atoms with Crippen LogP contribution in [0.1, 0.15) is 5.69 Å². The molecule has 3 aromatic heterocycles. The number of hydrogen-bond donors (Lipinski definition) is 0. The molecule has 110 valence electrons. The SMILES string of the molecule is COCc1cc(Sc2nnc(N(C)C)s2)n2ncnc2n1. The highest BCUT2D eigenvalue weighted by atomic mass is 32.2. The van der Waals surface area contributed by atoms with E-state index in [-0.39, 0.29) is 0 Å². The molecule has 0 amide bonds. The molecule has 0 saturated carbocycles. The minimum Gasteiger partial charge on any atom is -0.378 e. The zero-order valence-corrected chi connectivity index (χ0v) is 13.4. The van der Waals surface area contributed by atoms with Gasteiger partial charge in [0.1, 0.15) is 11.4 Å². The van der Waals surface area contributed by atoms with Crippen molar-refractivity contribution < 1.29 is 4.74 Å². The fourth-order valence-electron chi connectivity index (χ4n) is 1.64. The molecule has 0 N–H and O–H groups in total. The van der Waals surface area contributed by atoms with Gasteiger partial charge in [-0.05, 0) is 17.8 Å². The van der Waals surface area contributed by atoms with Gasteiger partial charge in [0.2, 0.25) is 5.13 Å². The van der Waals surface area contributed by atoms with Crippen LogP contribution in [0.4, 0.5) is 5.13 Å². The highest BCUT2D eigenvalue weighted by Gasteiger charge is 2.13. The minimum absolute atomic E-state index is 0.427. The summed E-state index contributed by atoms with van der Waals surface area (Å²) in [5.74, 6) is 0.546. The Hall–Kier alpha value is -1.78. The molecule has 0 bridgehead atoms. The number of nitrogens with zero attached hydrogens (tertiary/aromatic N) is 7. The van der Waals surface area contributed by atoms with Crippen molar-refractivity contribution in [1.29, 1.82) is 0 Å². The molecule has 0 radical (unpaired) electrons. The summed E-state index contributed by atoms with van der Waals surface area (Å²) in [6, 6.07) is 1.92. The Morgan fingerprint density at radius 1 is 1.38 bits per heavy atom. The molecule has 3 rings (SSSR count). The van der Waals surface area contributed by atoms with Crippen molar-refractivity contribution in [3.63, 3.8) is 0 Å². The maximum Gasteiger partial charge on any atom is 0.253 e. The largest absolute Gasteiger partial charge is 0.378 e. The summed E-state index contributed by atoms with van der Waals surface area (Å²) in [6.45, 7) is 0.427. The second-order valence-electron chi connectivity index (χ2n) is 4.34. The average Bonchev–Trinajstić information content (AvgIpc) is 3.07. The number of aromatic nitrogens is 6. The average molecular weight is 323 g/mol. The monoisotopic (exact) mass is 323 g/mol. The van der Waals surface area contributed by atoms with Crippen LogP contribution < -0.4 is 4.90 Å². The fraction of sp³-hybridized carbons (Fsp3) is 0.364. The van der Waals surface area contributed by atoms with E-state index in [9.17, 15) is 0 Å². The van der Waals surface area contributed by atoms with E-state index in [0.29, 0.717) is 12.4 Å². The molecule has 8 nitrogen and oxygen atoms in total. The summed E-state index contributed by atoms with van der Waals surface area (Å²) in [7, 11) is 5.51. The molecule has 0 aliphatic heterocycles. The first-order valence-electron chi connectivity index (χ1n) is 6.04. The highest BCUT2D eigenvalue weighted by molar-refractivity contribution is 8.01. The van der Waals surface area contributed by atoms with Gasteiger partial charge in [0.05, 0.1) is 12.3 Å². The van der Waals surface area contributed by atoms with E-state index in [1.807, 2.05) is 25.1 Å². The van der Waals surface area contributed by atoms with Crippen LogP contribution in [-0.2, 0) is 11.3 Å². The van der Waals surface area contributed by atoms with Crippen LogP contribution in [0.5, 0.6) is 0 Å². The maximum absolute atomic E-state index is 5.13. The molecule has 0 spiro atoms. The van der Waals surface area contributed by atoms with E-state index >= 15 is 0 Å². The zero-order chi connectivity index (χ0) is 14.8. The molecule has 0 saturated heterocycles. The molecule has 0 aromatic carbocycles. The number of anilines is 1. The van der Waals surface area contributed by atoms with Gasteiger partial charge in [-0.15, -0.1) is 10.2 Å². The number of hydrogen-bond acceptors (Lipinski definition) is 9. The lowest BCUT2D eigenvalue weighted by atomic mass is 10.4. The molecule has 3 aromatic rings. The van der Waals surface area contributed by atoms with E-state index < -0.39 is 0 Å². The third kappa shape index (κ3) is 2.96. The Morgan fingerprint density at radius 3 is 2.95 bits per heavy atom. The molecular formula is C11H13N7OS2. The van der Waals surface area contributed by atoms with E-state index in [0.717, 1.165) is 20.2 Å². The summed E-state index contributed by atoms with van der Waals surface area (Å²) < 4.78 is 7.65. The lowest BCUT2D eigenvalue weighted by molar-refractivity contribution is 0.181. The zero-order valence-electron chi connectivity index (χ0n) is 11.7. The Morgan fingerprint density at radius 2 is 2.24 bits per heavy atom. The predicted octanol–water partition coefficient (Wildman–Crippen LogP) is 1.34. The normalized spacial score (nSPS) is 11.2. The first-order valence-corrected chi connectivity index (χ1v) is 7.68. The van der Waals surface area contributed by atoms with E-state index in [1.54, 1.807) is 11.6 Å². The van der Waals surface area contributed by atoms with Gasteiger partial charge >= 0.3 is 0 Å². The van der Waals surface area contributed by atoms with Crippen molar-refractivity contribution in [1.82, 2.24) is 29.8 Å². The number of ether oxygens (including phenoxy) is 1. The van der Waals surface area contributed by atoms with Crippen molar-refractivity contribution >= 4 is 34.0 Å². The van der Waals surface area contributed by atoms with E-state index in [2.05, 4.69) is 25.3 Å². The van der Waals surface area contributed by atoms with Gasteiger partial charge in [-0.3, -0.25) is 0 Å². The van der Waals surface area contributed by atoms with Crippen LogP contribution in [0.3, 0.4) is 0 Å². The van der Waals surface area contributed by atoms with Crippen molar-refractivity contribution in [2.45, 2.75) is 16.0 Å². The summed E-state index contributed by atoms with van der Waals surface area (Å²) in [5.41, 5.74) is 0.804. The molecular weight excluding hydrogens is 310 g/mol. The molecule has 0 atom stereocenters. The smallest absolute Gasteiger partial charge is 0.253 e. The standard InChI is InChI=1S/C11H13N7OS2/c1-17(2)10-15-16-11(21-10)20-8-4-7(5-19-3)14-9-12-6-13-18(8)9/h4,6H,5H2,1-3H3. The van der Waals surface area contributed by atoms with Crippen molar-refractivity contribution in [3.8, 4) is 0 Å². The predicted molar refractivity (Wildman–Crippen MR) is 79.9 cm³/mol. The summed E-state index contributed by atoms with van der Waals surface area (Å²) in [6.07, 6.45) is 1.48. The molecule has 10 heteroatoms. The van der Waals surface area contributed by atoms with Crippen LogP contribution in [0.15, 0.2) is 21.8 Å². The Kier molecular flexibility index (Phi) is 3.99. The Balaban J connectivity index is 1.96. The topological polar surface area (TPSA) is 81.3 Å². The Labute approximate surface area is 129 Å². The second-order valence-corrected chi connectivity index (χ2v) is 6.56. The second kappa shape index (κ2) is 5.92. The van der Waals surface area contributed by atoms with Crippen LogP contribution >= 0.6 is 23.1 Å². The Bertz CT molecular complexity index is 754. The maximum atomic E-state index is 5.13. The molecule has 0 fully saturated rings. The van der Waals surface area contributed by atoms with Gasteiger partial charge in [-0.25, -0.2) is 4.98 Å². The third-order valence-corrected chi connectivity index (χ3v) is 4.68. The van der Waals surface area contributed by atoms with Crippen LogP contribution in [-0.4, -0.2) is 51.0 Å². The van der Waals surface area contributed by atoms with E-state index in [1.165, 1.54) is 29.4 Å². The lowest BCUT2D eigenvalue weighted by Crippen LogP contribution is -2.07. The minimum atomic E-state index is 0.427. The molecule has 21 heavy (non-hydrogen) atoms. The van der Waals surface area contributed by atoms with Crippen molar-refractivity contribution in [2.24, 2.45) is 0 Å². The van der Waals surface area contributed by atoms with Crippen molar-refractivity contribution in [3.05, 3.63) is 18.1 Å². The fourth-order valence-corrected chi connectivity index (χ4v) is 3.46. The molecule has 0 aliphatic rings. The van der Waals surface area contributed by atoms with Gasteiger partial charge in [0.25, 0.3) is 5.78 Å². The van der Waals surface area contributed by atoms with Crippen molar-refractivity contribution in [2.75, 3.05) is 26.1 Å². The number of fused-ring (bicyclic) bond motifs is 1. The lowest BCUT2D eigenvalue weighted by Gasteiger charge is -2.05. The first kappa shape index (κ1) is 14.2. The van der Waals surface area contributed by atoms with Gasteiger partial charge in [0.15, 0.2) is 4.34 Å². The van der Waals surface area contributed by atoms with Gasteiger partial charge in [0, 0.05) is 21.2 Å². The summed E-state index contributed by atoms with van der Waals surface area (Å²) in [4.78, 5) is 10.4. The van der Waals surface area contributed by atoms with Gasteiger partial charge < -0.3 is 9.64 Å². The van der Waals surface area contributed by atoms with E-state index in [4.69, 9.17) is 4.74 Å². The van der Waals surface area contributed by atoms with Crippen LogP contribution in [0.2, 0.25) is 0 Å². The van der Waals surface area contributed by atoms with Gasteiger partial charge in [-0.1, -0.05) is 11.3 Å². The highest BCUT2D eigenvalue weighted by Crippen LogP contribution is 2.32. The van der Waals surface area contributed by atoms with Gasteiger partial charge in [-0.2, -0.15) is 14.6 Å². The quantitative estimate of drug-likeness (QED) is 0.651. The third-order valence-electron chi connectivity index (χ3n) is 2.53. The summed E-state index contributed by atoms with van der Waals surface area (Å²) >= 11 is 3.00. The molecule has 0 aliphatic carbocycles. The first-order chi connectivity index (χ1) is 10.2.